The van der Waals surface area contributed by atoms with Crippen LogP contribution in [-0.4, -0.2) is 18.6 Å². The van der Waals surface area contributed by atoms with Crippen molar-refractivity contribution in [2.75, 3.05) is 6.61 Å². The molecule has 0 unspecified atom stereocenters. The molecule has 0 spiro atoms. The van der Waals surface area contributed by atoms with E-state index in [4.69, 9.17) is 10.5 Å². The zero-order valence-electron chi connectivity index (χ0n) is 6.59. The van der Waals surface area contributed by atoms with Crippen molar-refractivity contribution in [2.24, 2.45) is 5.73 Å². The first-order valence-electron chi connectivity index (χ1n) is 3.63. The molecule has 0 aromatic carbocycles. The lowest BCUT2D eigenvalue weighted by molar-refractivity contribution is -0.129. The summed E-state index contributed by atoms with van der Waals surface area (Å²) in [5, 5.41) is 0. The van der Waals surface area contributed by atoms with Gasteiger partial charge in [-0.1, -0.05) is 13.8 Å². The minimum Gasteiger partial charge on any atom is -0.368 e. The second-order valence-corrected chi connectivity index (χ2v) is 2.17. The molecule has 2 N–H and O–H groups in total. The van der Waals surface area contributed by atoms with E-state index in [1.54, 1.807) is 0 Å². The maximum absolute atomic E-state index is 10.5. The summed E-state index contributed by atoms with van der Waals surface area (Å²) in [4.78, 5) is 10.5. The number of hydrogen-bond acceptors (Lipinski definition) is 2. The minimum absolute atomic E-state index is 0.365. The normalized spacial score (nSPS) is 13.0. The predicted molar refractivity (Wildman–Crippen MR) is 39.5 cm³/mol. The molecule has 0 aliphatic carbocycles. The number of rotatable bonds is 5. The summed E-state index contributed by atoms with van der Waals surface area (Å²) in [5.74, 6) is -0.365. The van der Waals surface area contributed by atoms with Gasteiger partial charge in [0.25, 0.3) is 0 Å². The molecule has 3 heteroatoms. The topological polar surface area (TPSA) is 52.3 Å². The Hall–Kier alpha value is -0.570. The number of hydrogen-bond donors (Lipinski definition) is 1. The van der Waals surface area contributed by atoms with E-state index in [1.807, 2.05) is 13.8 Å². The van der Waals surface area contributed by atoms with E-state index in [1.165, 1.54) is 0 Å². The molecule has 0 aliphatic rings. The molecule has 0 saturated carbocycles. The Morgan fingerprint density at radius 2 is 2.20 bits per heavy atom. The zero-order valence-corrected chi connectivity index (χ0v) is 6.59. The van der Waals surface area contributed by atoms with Gasteiger partial charge in [0.1, 0.15) is 6.10 Å². The van der Waals surface area contributed by atoms with Gasteiger partial charge in [0.05, 0.1) is 0 Å². The van der Waals surface area contributed by atoms with Crippen molar-refractivity contribution in [1.29, 1.82) is 0 Å². The summed E-state index contributed by atoms with van der Waals surface area (Å²) >= 11 is 0. The first-order valence-corrected chi connectivity index (χ1v) is 3.63. The van der Waals surface area contributed by atoms with Gasteiger partial charge in [-0.3, -0.25) is 4.79 Å². The summed E-state index contributed by atoms with van der Waals surface area (Å²) in [5.41, 5.74) is 5.02. The Kier molecular flexibility index (Phi) is 4.94. The van der Waals surface area contributed by atoms with Crippen LogP contribution in [0.5, 0.6) is 0 Å². The number of carbonyl (C=O) groups excluding carboxylic acids is 1. The van der Waals surface area contributed by atoms with Gasteiger partial charge in [0, 0.05) is 6.61 Å². The highest BCUT2D eigenvalue weighted by atomic mass is 16.5. The first-order chi connectivity index (χ1) is 4.72. The minimum atomic E-state index is -0.389. The van der Waals surface area contributed by atoms with Crippen molar-refractivity contribution in [2.45, 2.75) is 32.8 Å². The Bertz CT molecular complexity index is 104. The average molecular weight is 145 g/mol. The number of carbonyl (C=O) groups is 1. The van der Waals surface area contributed by atoms with Crippen molar-refractivity contribution in [3.8, 4) is 0 Å². The van der Waals surface area contributed by atoms with Gasteiger partial charge in [-0.05, 0) is 12.8 Å². The zero-order chi connectivity index (χ0) is 7.98. The molecule has 0 heterocycles. The molecule has 1 atom stereocenters. The van der Waals surface area contributed by atoms with Crippen molar-refractivity contribution in [3.63, 3.8) is 0 Å². The predicted octanol–water partition coefficient (Wildman–Crippen LogP) is 0.677. The van der Waals surface area contributed by atoms with E-state index in [9.17, 15) is 4.79 Å². The fourth-order valence-corrected chi connectivity index (χ4v) is 0.661. The van der Waals surface area contributed by atoms with Crippen LogP contribution in [-0.2, 0) is 9.53 Å². The average Bonchev–Trinajstić information content (AvgIpc) is 1.89. The van der Waals surface area contributed by atoms with E-state index in [0.29, 0.717) is 13.0 Å². The Labute approximate surface area is 61.5 Å². The molecule has 0 saturated heterocycles. The number of nitrogens with two attached hydrogens (primary N) is 1. The van der Waals surface area contributed by atoms with Crippen LogP contribution in [0.3, 0.4) is 0 Å². The molecule has 60 valence electrons. The van der Waals surface area contributed by atoms with Crippen molar-refractivity contribution in [1.82, 2.24) is 0 Å². The van der Waals surface area contributed by atoms with Crippen LogP contribution < -0.4 is 5.73 Å². The van der Waals surface area contributed by atoms with Crippen molar-refractivity contribution in [3.05, 3.63) is 0 Å². The second-order valence-electron chi connectivity index (χ2n) is 2.17. The van der Waals surface area contributed by atoms with Gasteiger partial charge in [0.2, 0.25) is 5.91 Å². The molecular formula is C7H15NO2. The van der Waals surface area contributed by atoms with E-state index in [2.05, 4.69) is 0 Å². The lowest BCUT2D eigenvalue weighted by atomic mass is 10.3. The fourth-order valence-electron chi connectivity index (χ4n) is 0.661. The third kappa shape index (κ3) is 3.45. The lowest BCUT2D eigenvalue weighted by Crippen LogP contribution is -2.30. The lowest BCUT2D eigenvalue weighted by Gasteiger charge is -2.10. The maximum Gasteiger partial charge on any atom is 0.246 e. The standard InChI is InChI=1S/C7H15NO2/c1-3-5-10-6(4-2)7(8)9/h6H,3-5H2,1-2H3,(H2,8,9)/t6-/m1/s1. The molecule has 0 rings (SSSR count). The molecular weight excluding hydrogens is 130 g/mol. The molecule has 10 heavy (non-hydrogen) atoms. The van der Waals surface area contributed by atoms with Gasteiger partial charge in [-0.15, -0.1) is 0 Å². The molecule has 0 aromatic heterocycles. The summed E-state index contributed by atoms with van der Waals surface area (Å²) in [6, 6.07) is 0. The first kappa shape index (κ1) is 9.43. The van der Waals surface area contributed by atoms with Gasteiger partial charge < -0.3 is 10.5 Å². The van der Waals surface area contributed by atoms with Crippen LogP contribution in [0.15, 0.2) is 0 Å². The van der Waals surface area contributed by atoms with E-state index in [-0.39, 0.29) is 12.0 Å². The van der Waals surface area contributed by atoms with Crippen LogP contribution in [0.1, 0.15) is 26.7 Å². The maximum atomic E-state index is 10.5. The van der Waals surface area contributed by atoms with Gasteiger partial charge in [-0.2, -0.15) is 0 Å². The number of primary amides is 1. The third-order valence-corrected chi connectivity index (χ3v) is 1.21. The quantitative estimate of drug-likeness (QED) is 0.618. The fraction of sp³-hybridized carbons (Fsp3) is 0.857. The van der Waals surface area contributed by atoms with E-state index < -0.39 is 0 Å². The van der Waals surface area contributed by atoms with E-state index >= 15 is 0 Å². The van der Waals surface area contributed by atoms with Crippen LogP contribution in [0, 0.1) is 0 Å². The molecule has 0 radical (unpaired) electrons. The summed E-state index contributed by atoms with van der Waals surface area (Å²) in [6.07, 6.45) is 1.19. The Morgan fingerprint density at radius 3 is 2.50 bits per heavy atom. The molecule has 1 amide bonds. The van der Waals surface area contributed by atoms with Gasteiger partial charge in [0.15, 0.2) is 0 Å². The van der Waals surface area contributed by atoms with Crippen LogP contribution in [0.4, 0.5) is 0 Å². The van der Waals surface area contributed by atoms with Gasteiger partial charge in [-0.25, -0.2) is 0 Å². The van der Waals surface area contributed by atoms with Crippen LogP contribution >= 0.6 is 0 Å². The third-order valence-electron chi connectivity index (χ3n) is 1.21. The van der Waals surface area contributed by atoms with Gasteiger partial charge >= 0.3 is 0 Å². The van der Waals surface area contributed by atoms with E-state index in [0.717, 1.165) is 6.42 Å². The summed E-state index contributed by atoms with van der Waals surface area (Å²) < 4.78 is 5.13. The molecule has 0 aliphatic heterocycles. The Balaban J connectivity index is 3.50. The largest absolute Gasteiger partial charge is 0.368 e. The molecule has 0 bridgehead atoms. The second kappa shape index (κ2) is 5.23. The monoisotopic (exact) mass is 145 g/mol. The Morgan fingerprint density at radius 1 is 1.60 bits per heavy atom. The summed E-state index contributed by atoms with van der Waals surface area (Å²) in [6.45, 7) is 4.49. The summed E-state index contributed by atoms with van der Waals surface area (Å²) in [7, 11) is 0. The van der Waals surface area contributed by atoms with Crippen LogP contribution in [0.25, 0.3) is 0 Å². The van der Waals surface area contributed by atoms with Crippen molar-refractivity contribution < 1.29 is 9.53 Å². The van der Waals surface area contributed by atoms with Crippen LogP contribution in [0.2, 0.25) is 0 Å². The molecule has 0 aromatic rings. The molecule has 0 fully saturated rings. The highest BCUT2D eigenvalue weighted by Gasteiger charge is 2.11. The number of amides is 1. The molecule has 3 nitrogen and oxygen atoms in total. The van der Waals surface area contributed by atoms with Crippen molar-refractivity contribution >= 4 is 5.91 Å². The SMILES string of the molecule is CCCO[C@H](CC)C(N)=O. The smallest absolute Gasteiger partial charge is 0.246 e. The highest BCUT2D eigenvalue weighted by Crippen LogP contribution is 1.96. The number of ether oxygens (including phenoxy) is 1. The highest BCUT2D eigenvalue weighted by molar-refractivity contribution is 5.78.